The second-order valence-electron chi connectivity index (χ2n) is 7.67. The van der Waals surface area contributed by atoms with Crippen molar-refractivity contribution in [2.24, 2.45) is 5.73 Å². The van der Waals surface area contributed by atoms with Crippen LogP contribution in [0.3, 0.4) is 0 Å². The van der Waals surface area contributed by atoms with E-state index in [1.807, 2.05) is 48.5 Å². The predicted molar refractivity (Wildman–Crippen MR) is 127 cm³/mol. The van der Waals surface area contributed by atoms with Crippen LogP contribution in [0, 0.1) is 5.41 Å². The molecule has 162 valence electrons. The minimum Gasteiger partial charge on any atom is -0.384 e. The van der Waals surface area contributed by atoms with E-state index in [0.29, 0.717) is 23.4 Å². The Balaban J connectivity index is 1.53. The zero-order valence-corrected chi connectivity index (χ0v) is 17.5. The second-order valence-corrected chi connectivity index (χ2v) is 7.67. The zero-order valence-electron chi connectivity index (χ0n) is 17.5. The van der Waals surface area contributed by atoms with E-state index in [1.165, 1.54) is 0 Å². The number of nitrogens with zero attached hydrogens (tertiary/aromatic N) is 1. The number of carbonyl (C=O) groups excluding carboxylic acids is 2. The number of rotatable bonds is 7. The number of carbonyl (C=O) groups is 2. The first-order valence-corrected chi connectivity index (χ1v) is 10.5. The van der Waals surface area contributed by atoms with E-state index in [0.717, 1.165) is 24.2 Å². The van der Waals surface area contributed by atoms with Gasteiger partial charge in [0, 0.05) is 35.6 Å². The van der Waals surface area contributed by atoms with Crippen molar-refractivity contribution in [1.82, 2.24) is 0 Å². The van der Waals surface area contributed by atoms with Gasteiger partial charge in [-0.05, 0) is 48.4 Å². The normalized spacial score (nSPS) is 14.1. The maximum atomic E-state index is 13.2. The summed E-state index contributed by atoms with van der Waals surface area (Å²) < 4.78 is 0. The van der Waals surface area contributed by atoms with Gasteiger partial charge in [0.05, 0.1) is 0 Å². The zero-order chi connectivity index (χ0) is 22.5. The Kier molecular flexibility index (Phi) is 6.17. The van der Waals surface area contributed by atoms with Gasteiger partial charge in [-0.2, -0.15) is 0 Å². The molecule has 0 bridgehead atoms. The number of nitrogen functional groups attached to an aromatic ring is 1. The molecule has 0 spiro atoms. The quantitative estimate of drug-likeness (QED) is 0.339. The highest BCUT2D eigenvalue weighted by atomic mass is 16.2. The molecule has 1 atom stereocenters. The first kappa shape index (κ1) is 21.1. The molecule has 32 heavy (non-hydrogen) atoms. The van der Waals surface area contributed by atoms with Gasteiger partial charge in [-0.15, -0.1) is 0 Å². The first-order valence-electron chi connectivity index (χ1n) is 10.5. The van der Waals surface area contributed by atoms with Gasteiger partial charge in [-0.25, -0.2) is 0 Å². The summed E-state index contributed by atoms with van der Waals surface area (Å²) in [5.74, 6) is -0.136. The van der Waals surface area contributed by atoms with Crippen molar-refractivity contribution in [3.8, 4) is 0 Å². The van der Waals surface area contributed by atoms with Crippen molar-refractivity contribution in [2.45, 2.75) is 18.9 Å². The molecule has 3 aromatic carbocycles. The number of hydrogen-bond acceptors (Lipinski definition) is 4. The maximum absolute atomic E-state index is 13.2. The number of hydrogen-bond donors (Lipinski definition) is 4. The Morgan fingerprint density at radius 1 is 0.969 bits per heavy atom. The molecule has 1 unspecified atom stereocenters. The molecule has 7 heteroatoms. The van der Waals surface area contributed by atoms with E-state index in [2.05, 4.69) is 10.6 Å². The summed E-state index contributed by atoms with van der Waals surface area (Å²) in [7, 11) is 0. The maximum Gasteiger partial charge on any atom is 0.251 e. The molecule has 0 saturated carbocycles. The number of amidine groups is 1. The lowest BCUT2D eigenvalue weighted by Crippen LogP contribution is -2.27. The summed E-state index contributed by atoms with van der Waals surface area (Å²) in [6, 6.07) is 23.2. The van der Waals surface area contributed by atoms with Crippen molar-refractivity contribution in [1.29, 1.82) is 5.41 Å². The lowest BCUT2D eigenvalue weighted by molar-refractivity contribution is -0.117. The van der Waals surface area contributed by atoms with Gasteiger partial charge < -0.3 is 21.3 Å². The summed E-state index contributed by atoms with van der Waals surface area (Å²) in [5, 5.41) is 13.9. The molecule has 2 amide bonds. The van der Waals surface area contributed by atoms with Crippen molar-refractivity contribution in [3.05, 3.63) is 90.0 Å². The van der Waals surface area contributed by atoms with Gasteiger partial charge in [0.1, 0.15) is 11.9 Å². The van der Waals surface area contributed by atoms with E-state index < -0.39 is 6.04 Å². The van der Waals surface area contributed by atoms with Crippen molar-refractivity contribution >= 4 is 34.7 Å². The fraction of sp³-hybridized carbons (Fsp3) is 0.160. The molecule has 1 aliphatic rings. The third-order valence-electron chi connectivity index (χ3n) is 5.40. The van der Waals surface area contributed by atoms with E-state index in [1.54, 1.807) is 35.2 Å². The third-order valence-corrected chi connectivity index (χ3v) is 5.40. The summed E-state index contributed by atoms with van der Waals surface area (Å²) in [6.07, 6.45) is 1.44. The van der Waals surface area contributed by atoms with Gasteiger partial charge in [0.25, 0.3) is 5.91 Å². The van der Waals surface area contributed by atoms with E-state index in [4.69, 9.17) is 11.1 Å². The van der Waals surface area contributed by atoms with Gasteiger partial charge in [-0.3, -0.25) is 15.0 Å². The van der Waals surface area contributed by atoms with Crippen LogP contribution in [0.15, 0.2) is 78.9 Å². The minimum absolute atomic E-state index is 0.0362. The first-order chi connectivity index (χ1) is 15.5. The topological polar surface area (TPSA) is 111 Å². The van der Waals surface area contributed by atoms with Crippen LogP contribution < -0.4 is 21.3 Å². The molecular weight excluding hydrogens is 402 g/mol. The SMILES string of the molecule is N=C(N)c1cccc(NC(C(=O)Nc2ccc(N3CCCC3=O)cc2)c2ccccc2)c1. The lowest BCUT2D eigenvalue weighted by atomic mass is 10.0. The summed E-state index contributed by atoms with van der Waals surface area (Å²) in [5.41, 5.74) is 9.15. The third kappa shape index (κ3) is 4.78. The second kappa shape index (κ2) is 9.34. The molecule has 1 fully saturated rings. The Labute approximate surface area is 186 Å². The molecule has 3 aromatic rings. The molecule has 7 nitrogen and oxygen atoms in total. The van der Waals surface area contributed by atoms with E-state index >= 15 is 0 Å². The summed E-state index contributed by atoms with van der Waals surface area (Å²) in [4.78, 5) is 26.9. The van der Waals surface area contributed by atoms with Crippen LogP contribution in [0.5, 0.6) is 0 Å². The molecule has 0 aromatic heterocycles. The van der Waals surface area contributed by atoms with Gasteiger partial charge in [0.15, 0.2) is 0 Å². The standard InChI is InChI=1S/C25H25N5O2/c26-24(27)18-8-4-9-20(16-18)28-23(17-6-2-1-3-7-17)25(32)29-19-11-13-21(14-12-19)30-15-5-10-22(30)31/h1-4,6-9,11-14,16,23,28H,5,10,15H2,(H3,26,27)(H,29,32). The molecule has 5 N–H and O–H groups in total. The van der Waals surface area contributed by atoms with Crippen molar-refractivity contribution in [3.63, 3.8) is 0 Å². The number of benzene rings is 3. The number of nitrogens with one attached hydrogen (secondary N) is 3. The molecule has 1 saturated heterocycles. The molecule has 0 aliphatic carbocycles. The lowest BCUT2D eigenvalue weighted by Gasteiger charge is -2.21. The van der Waals surface area contributed by atoms with Gasteiger partial charge in [0.2, 0.25) is 5.91 Å². The number of nitrogens with two attached hydrogens (primary N) is 1. The Morgan fingerprint density at radius 3 is 2.38 bits per heavy atom. The molecule has 1 aliphatic heterocycles. The van der Waals surface area contributed by atoms with Crippen molar-refractivity contribution in [2.75, 3.05) is 22.1 Å². The van der Waals surface area contributed by atoms with Crippen LogP contribution in [0.4, 0.5) is 17.1 Å². The Hall–Kier alpha value is -4.13. The van der Waals surface area contributed by atoms with Crippen LogP contribution in [0.2, 0.25) is 0 Å². The summed E-state index contributed by atoms with van der Waals surface area (Å²) >= 11 is 0. The fourth-order valence-electron chi connectivity index (χ4n) is 3.75. The van der Waals surface area contributed by atoms with E-state index in [9.17, 15) is 9.59 Å². The van der Waals surface area contributed by atoms with Gasteiger partial charge in [-0.1, -0.05) is 42.5 Å². The monoisotopic (exact) mass is 427 g/mol. The highest BCUT2D eigenvalue weighted by Gasteiger charge is 2.23. The molecule has 4 rings (SSSR count). The number of amides is 2. The van der Waals surface area contributed by atoms with Gasteiger partial charge >= 0.3 is 0 Å². The highest BCUT2D eigenvalue weighted by Crippen LogP contribution is 2.25. The predicted octanol–water partition coefficient (Wildman–Crippen LogP) is 3.89. The average molecular weight is 428 g/mol. The minimum atomic E-state index is -0.654. The largest absolute Gasteiger partial charge is 0.384 e. The van der Waals surface area contributed by atoms with Crippen LogP contribution in [0.25, 0.3) is 0 Å². The van der Waals surface area contributed by atoms with Crippen LogP contribution in [-0.4, -0.2) is 24.2 Å². The van der Waals surface area contributed by atoms with Crippen LogP contribution in [0.1, 0.15) is 30.0 Å². The van der Waals surface area contributed by atoms with Crippen LogP contribution in [-0.2, 0) is 9.59 Å². The fourth-order valence-corrected chi connectivity index (χ4v) is 3.75. The smallest absolute Gasteiger partial charge is 0.251 e. The highest BCUT2D eigenvalue weighted by molar-refractivity contribution is 5.99. The number of anilines is 3. The molecule has 0 radical (unpaired) electrons. The molecular formula is C25H25N5O2. The average Bonchev–Trinajstić information content (AvgIpc) is 3.24. The van der Waals surface area contributed by atoms with E-state index in [-0.39, 0.29) is 17.6 Å². The van der Waals surface area contributed by atoms with Crippen LogP contribution >= 0.6 is 0 Å². The Bertz CT molecular complexity index is 1130. The Morgan fingerprint density at radius 2 is 1.72 bits per heavy atom. The van der Waals surface area contributed by atoms with Crippen molar-refractivity contribution < 1.29 is 9.59 Å². The molecule has 1 heterocycles. The summed E-state index contributed by atoms with van der Waals surface area (Å²) in [6.45, 7) is 0.726.